The van der Waals surface area contributed by atoms with Gasteiger partial charge in [0, 0.05) is 23.8 Å². The fourth-order valence-corrected chi connectivity index (χ4v) is 3.07. The number of anilines is 1. The van der Waals surface area contributed by atoms with Crippen LogP contribution in [0.3, 0.4) is 0 Å². The Balaban J connectivity index is 1.57. The first kappa shape index (κ1) is 17.8. The summed E-state index contributed by atoms with van der Waals surface area (Å²) < 4.78 is 0. The SMILES string of the molecule is CC(CC(=O)Nc1cccc2c1CCCC2)=NNC(=O)c1cccnc1. The van der Waals surface area contributed by atoms with Crippen LogP contribution in [0.15, 0.2) is 47.8 Å². The first-order valence-corrected chi connectivity index (χ1v) is 8.77. The van der Waals surface area contributed by atoms with Gasteiger partial charge in [0.1, 0.15) is 0 Å². The van der Waals surface area contributed by atoms with Gasteiger partial charge in [-0.05, 0) is 61.9 Å². The molecule has 6 heteroatoms. The Bertz CT molecular complexity index is 831. The molecule has 134 valence electrons. The number of hydrogen-bond acceptors (Lipinski definition) is 4. The molecule has 2 aromatic rings. The molecule has 0 saturated heterocycles. The second kappa shape index (κ2) is 8.38. The second-order valence-corrected chi connectivity index (χ2v) is 6.41. The molecule has 0 atom stereocenters. The number of aryl methyl sites for hydroxylation is 1. The van der Waals surface area contributed by atoms with E-state index >= 15 is 0 Å². The van der Waals surface area contributed by atoms with E-state index in [2.05, 4.69) is 26.9 Å². The summed E-state index contributed by atoms with van der Waals surface area (Å²) in [6.45, 7) is 1.71. The molecule has 0 fully saturated rings. The molecule has 2 N–H and O–H groups in total. The number of hydrazone groups is 1. The van der Waals surface area contributed by atoms with Crippen LogP contribution in [0.4, 0.5) is 5.69 Å². The first-order valence-electron chi connectivity index (χ1n) is 8.77. The Labute approximate surface area is 152 Å². The van der Waals surface area contributed by atoms with E-state index in [-0.39, 0.29) is 18.2 Å². The minimum atomic E-state index is -0.352. The lowest BCUT2D eigenvalue weighted by atomic mass is 9.90. The number of aromatic nitrogens is 1. The second-order valence-electron chi connectivity index (χ2n) is 6.41. The van der Waals surface area contributed by atoms with Gasteiger partial charge in [0.2, 0.25) is 5.91 Å². The van der Waals surface area contributed by atoms with Crippen molar-refractivity contribution in [3.05, 3.63) is 59.4 Å². The molecule has 26 heavy (non-hydrogen) atoms. The summed E-state index contributed by atoms with van der Waals surface area (Å²) in [5.74, 6) is -0.490. The van der Waals surface area contributed by atoms with Crippen LogP contribution in [0.2, 0.25) is 0 Å². The van der Waals surface area contributed by atoms with E-state index < -0.39 is 0 Å². The summed E-state index contributed by atoms with van der Waals surface area (Å²) in [5.41, 5.74) is 6.85. The Morgan fingerprint density at radius 1 is 1.15 bits per heavy atom. The maximum Gasteiger partial charge on any atom is 0.272 e. The Morgan fingerprint density at radius 3 is 2.81 bits per heavy atom. The average molecular weight is 350 g/mol. The molecule has 2 amide bonds. The molecular weight excluding hydrogens is 328 g/mol. The Kier molecular flexibility index (Phi) is 5.73. The molecule has 0 bridgehead atoms. The maximum absolute atomic E-state index is 12.3. The number of nitrogens with one attached hydrogen (secondary N) is 2. The van der Waals surface area contributed by atoms with Crippen LogP contribution in [0.1, 0.15) is 47.7 Å². The highest BCUT2D eigenvalue weighted by atomic mass is 16.2. The smallest absolute Gasteiger partial charge is 0.272 e. The highest BCUT2D eigenvalue weighted by molar-refractivity contribution is 6.06. The van der Waals surface area contributed by atoms with Crippen LogP contribution in [-0.4, -0.2) is 22.5 Å². The molecule has 1 aromatic heterocycles. The van der Waals surface area contributed by atoms with Crippen molar-refractivity contribution >= 4 is 23.2 Å². The van der Waals surface area contributed by atoms with E-state index in [1.807, 2.05) is 12.1 Å². The van der Waals surface area contributed by atoms with E-state index in [9.17, 15) is 9.59 Å². The van der Waals surface area contributed by atoms with Crippen LogP contribution >= 0.6 is 0 Å². The summed E-state index contributed by atoms with van der Waals surface area (Å²) in [6, 6.07) is 9.39. The van der Waals surface area contributed by atoms with Gasteiger partial charge in [0.25, 0.3) is 5.91 Å². The van der Waals surface area contributed by atoms with E-state index in [1.54, 1.807) is 25.3 Å². The zero-order valence-electron chi connectivity index (χ0n) is 14.8. The number of hydrogen-bond donors (Lipinski definition) is 2. The highest BCUT2D eigenvalue weighted by Crippen LogP contribution is 2.27. The summed E-state index contributed by atoms with van der Waals surface area (Å²) >= 11 is 0. The molecule has 1 aromatic carbocycles. The van der Waals surface area contributed by atoms with Gasteiger partial charge in [-0.1, -0.05) is 12.1 Å². The van der Waals surface area contributed by atoms with Crippen molar-refractivity contribution in [2.75, 3.05) is 5.32 Å². The van der Waals surface area contributed by atoms with Crippen molar-refractivity contribution < 1.29 is 9.59 Å². The van der Waals surface area contributed by atoms with Crippen LogP contribution in [0.25, 0.3) is 0 Å². The molecule has 0 saturated carbocycles. The fourth-order valence-electron chi connectivity index (χ4n) is 3.07. The van der Waals surface area contributed by atoms with Crippen LogP contribution < -0.4 is 10.7 Å². The van der Waals surface area contributed by atoms with Gasteiger partial charge in [-0.2, -0.15) is 5.10 Å². The highest BCUT2D eigenvalue weighted by Gasteiger charge is 2.15. The predicted octanol–water partition coefficient (Wildman–Crippen LogP) is 3.09. The third-order valence-electron chi connectivity index (χ3n) is 4.36. The number of pyridine rings is 1. The third kappa shape index (κ3) is 4.53. The molecule has 1 aliphatic rings. The van der Waals surface area contributed by atoms with Crippen molar-refractivity contribution in [1.82, 2.24) is 10.4 Å². The van der Waals surface area contributed by atoms with Crippen LogP contribution in [0.5, 0.6) is 0 Å². The minimum Gasteiger partial charge on any atom is -0.325 e. The summed E-state index contributed by atoms with van der Waals surface area (Å²) in [4.78, 5) is 28.1. The zero-order valence-corrected chi connectivity index (χ0v) is 14.8. The third-order valence-corrected chi connectivity index (χ3v) is 4.36. The topological polar surface area (TPSA) is 83.5 Å². The largest absolute Gasteiger partial charge is 0.325 e. The van der Waals surface area contributed by atoms with Crippen molar-refractivity contribution in [1.29, 1.82) is 0 Å². The predicted molar refractivity (Wildman–Crippen MR) is 101 cm³/mol. The number of nitrogens with zero attached hydrogens (tertiary/aromatic N) is 2. The lowest BCUT2D eigenvalue weighted by Crippen LogP contribution is -2.22. The molecule has 1 aliphatic carbocycles. The molecule has 1 heterocycles. The van der Waals surface area contributed by atoms with Crippen LogP contribution in [-0.2, 0) is 17.6 Å². The number of rotatable bonds is 5. The summed E-state index contributed by atoms with van der Waals surface area (Å²) in [7, 11) is 0. The van der Waals surface area contributed by atoms with Gasteiger partial charge in [-0.25, -0.2) is 5.43 Å². The monoisotopic (exact) mass is 350 g/mol. The van der Waals surface area contributed by atoms with E-state index in [4.69, 9.17) is 0 Å². The van der Waals surface area contributed by atoms with Gasteiger partial charge >= 0.3 is 0 Å². The Hall–Kier alpha value is -3.02. The molecule has 0 radical (unpaired) electrons. The number of fused-ring (bicyclic) bond motifs is 1. The van der Waals surface area contributed by atoms with Crippen LogP contribution in [0, 0.1) is 0 Å². The first-order chi connectivity index (χ1) is 12.6. The van der Waals surface area contributed by atoms with Crippen molar-refractivity contribution in [3.8, 4) is 0 Å². The zero-order chi connectivity index (χ0) is 18.4. The van der Waals surface area contributed by atoms with E-state index in [0.717, 1.165) is 24.9 Å². The molecule has 0 spiro atoms. The maximum atomic E-state index is 12.3. The minimum absolute atomic E-state index is 0.122. The number of carbonyl (C=O) groups excluding carboxylic acids is 2. The molecule has 0 aliphatic heterocycles. The summed E-state index contributed by atoms with van der Waals surface area (Å²) in [6.07, 6.45) is 7.61. The Morgan fingerprint density at radius 2 is 2.00 bits per heavy atom. The number of carbonyl (C=O) groups is 2. The normalized spacial score (nSPS) is 13.7. The lowest BCUT2D eigenvalue weighted by Gasteiger charge is -2.19. The molecule has 6 nitrogen and oxygen atoms in total. The fraction of sp³-hybridized carbons (Fsp3) is 0.300. The summed E-state index contributed by atoms with van der Waals surface area (Å²) in [5, 5.41) is 6.98. The number of amides is 2. The standard InChI is InChI=1S/C20H22N4O2/c1-14(23-24-20(26)16-8-5-11-21-13-16)12-19(25)22-18-10-4-7-15-6-2-3-9-17(15)18/h4-5,7-8,10-11,13H,2-3,6,9,12H2,1H3,(H,22,25)(H,24,26). The van der Waals surface area contributed by atoms with E-state index in [1.165, 1.54) is 23.7 Å². The molecule has 0 unspecified atom stereocenters. The van der Waals surface area contributed by atoms with Crippen molar-refractivity contribution in [2.45, 2.75) is 39.0 Å². The molecular formula is C20H22N4O2. The quantitative estimate of drug-likeness (QED) is 0.642. The van der Waals surface area contributed by atoms with Gasteiger partial charge in [-0.3, -0.25) is 14.6 Å². The molecule has 3 rings (SSSR count). The van der Waals surface area contributed by atoms with Gasteiger partial charge in [-0.15, -0.1) is 0 Å². The number of benzene rings is 1. The van der Waals surface area contributed by atoms with Crippen molar-refractivity contribution in [3.63, 3.8) is 0 Å². The van der Waals surface area contributed by atoms with Gasteiger partial charge in [0.05, 0.1) is 12.0 Å². The van der Waals surface area contributed by atoms with Crippen molar-refractivity contribution in [2.24, 2.45) is 5.10 Å². The average Bonchev–Trinajstić information content (AvgIpc) is 2.67. The van der Waals surface area contributed by atoms with Gasteiger partial charge in [0.15, 0.2) is 0 Å². The lowest BCUT2D eigenvalue weighted by molar-refractivity contribution is -0.115. The van der Waals surface area contributed by atoms with E-state index in [0.29, 0.717) is 11.3 Å². The van der Waals surface area contributed by atoms with Gasteiger partial charge < -0.3 is 5.32 Å².